The highest BCUT2D eigenvalue weighted by molar-refractivity contribution is 6.73. The Bertz CT molecular complexity index is 397. The number of halogens is 10. The maximum absolute atomic E-state index is 12.7. The van der Waals surface area contributed by atoms with Crippen LogP contribution in [0, 0.1) is 0 Å². The first-order valence-electron chi connectivity index (χ1n) is 8.38. The number of unbranched alkanes of at least 4 members (excludes halogenated alkanes) is 4. The fourth-order valence-corrected chi connectivity index (χ4v) is 4.43. The molecule has 0 amide bonds. The molecule has 0 radical (unpaired) electrons. The molecule has 164 valence electrons. The van der Waals surface area contributed by atoms with Crippen LogP contribution in [0.2, 0.25) is 12.1 Å². The van der Waals surface area contributed by atoms with Gasteiger partial charge in [-0.3, -0.25) is 0 Å². The fraction of sp³-hybridized carbons (Fsp3) is 1.00. The molecule has 0 aliphatic rings. The van der Waals surface area contributed by atoms with Gasteiger partial charge in [0.1, 0.15) is 0 Å². The van der Waals surface area contributed by atoms with Crippen molar-refractivity contribution in [2.24, 2.45) is 10.8 Å². The molecule has 0 atom stereocenters. The van der Waals surface area contributed by atoms with Crippen molar-refractivity contribution in [3.63, 3.8) is 0 Å². The molecule has 0 saturated heterocycles. The summed E-state index contributed by atoms with van der Waals surface area (Å²) < 4.78 is 123. The van der Waals surface area contributed by atoms with E-state index in [9.17, 15) is 43.9 Å². The minimum absolute atomic E-state index is 0.0760. The molecule has 0 aliphatic heterocycles. The van der Waals surface area contributed by atoms with Crippen LogP contribution in [0.4, 0.5) is 43.9 Å². The zero-order valence-electron chi connectivity index (χ0n) is 14.5. The van der Waals surface area contributed by atoms with Gasteiger partial charge >= 0.3 is 24.2 Å². The normalized spacial score (nSPS) is 14.7. The van der Waals surface area contributed by atoms with Crippen molar-refractivity contribution in [3.05, 3.63) is 0 Å². The molecule has 0 rings (SSSR count). The third kappa shape index (κ3) is 9.97. The summed E-state index contributed by atoms with van der Waals surface area (Å²) in [6, 6.07) is 0.479. The van der Waals surface area contributed by atoms with Gasteiger partial charge in [-0.1, -0.05) is 25.7 Å². The summed E-state index contributed by atoms with van der Waals surface area (Å²) in [6.45, 7) is 0. The molecule has 0 bridgehead atoms. The molecule has 0 spiro atoms. The van der Waals surface area contributed by atoms with E-state index in [1.807, 2.05) is 0 Å². The van der Waals surface area contributed by atoms with Crippen LogP contribution in [0.1, 0.15) is 51.4 Å². The van der Waals surface area contributed by atoms with Gasteiger partial charge in [0.05, 0.1) is 0 Å². The Labute approximate surface area is 151 Å². The summed E-state index contributed by atoms with van der Waals surface area (Å²) in [6.07, 6.45) is -13.9. The molecule has 4 N–H and O–H groups in total. The van der Waals surface area contributed by atoms with Gasteiger partial charge in [-0.2, -0.15) is 43.9 Å². The molecule has 0 fully saturated rings. The topological polar surface area (TPSA) is 52.0 Å². The van der Waals surface area contributed by atoms with Gasteiger partial charge in [-0.05, 0) is 24.9 Å². The smallest absolute Gasteiger partial charge is 0.339 e. The molecule has 0 heterocycles. The SMILES string of the molecule is N[Si](N)(CCCCCC(F)(F)C(F)(F)F)CCCCCC(F)(F)C(F)(F)F. The summed E-state index contributed by atoms with van der Waals surface area (Å²) in [5, 5.41) is 11.7. The first-order chi connectivity index (χ1) is 11.9. The molecule has 2 nitrogen and oxygen atoms in total. The minimum atomic E-state index is -5.59. The van der Waals surface area contributed by atoms with Gasteiger partial charge < -0.3 is 10.8 Å². The number of rotatable bonds is 12. The Balaban J connectivity index is 3.96. The Morgan fingerprint density at radius 3 is 1.04 bits per heavy atom. The van der Waals surface area contributed by atoms with Crippen LogP contribution >= 0.6 is 0 Å². The highest BCUT2D eigenvalue weighted by atomic mass is 28.3. The Hall–Kier alpha value is -0.563. The molecular formula is C14H24F10N2Si. The lowest BCUT2D eigenvalue weighted by atomic mass is 10.1. The lowest BCUT2D eigenvalue weighted by Gasteiger charge is -2.22. The van der Waals surface area contributed by atoms with Crippen molar-refractivity contribution in [3.8, 4) is 0 Å². The van der Waals surface area contributed by atoms with Crippen molar-refractivity contribution in [1.82, 2.24) is 0 Å². The van der Waals surface area contributed by atoms with Crippen LogP contribution in [-0.2, 0) is 0 Å². The molecule has 27 heavy (non-hydrogen) atoms. The minimum Gasteiger partial charge on any atom is -0.339 e. The van der Waals surface area contributed by atoms with Crippen LogP contribution in [0.25, 0.3) is 0 Å². The van der Waals surface area contributed by atoms with Crippen LogP contribution < -0.4 is 10.8 Å². The zero-order chi connectivity index (χ0) is 21.6. The first kappa shape index (κ1) is 26.4. The molecule has 0 saturated carbocycles. The molecular weight excluding hydrogens is 414 g/mol. The second kappa shape index (κ2) is 9.77. The summed E-state index contributed by atoms with van der Waals surface area (Å²) in [7, 11) is -2.79. The van der Waals surface area contributed by atoms with E-state index in [0.29, 0.717) is 0 Å². The van der Waals surface area contributed by atoms with Gasteiger partial charge in [0.15, 0.2) is 8.40 Å². The van der Waals surface area contributed by atoms with E-state index >= 15 is 0 Å². The van der Waals surface area contributed by atoms with E-state index in [1.165, 1.54) is 0 Å². The number of hydrogen-bond donors (Lipinski definition) is 2. The maximum Gasteiger partial charge on any atom is 0.453 e. The average Bonchev–Trinajstić information content (AvgIpc) is 2.43. The average molecular weight is 438 g/mol. The standard InChI is InChI=1S/C14H24F10N2Si/c15-11(16,13(19,20)21)7-3-1-5-9-27(25,26)10-6-2-4-8-12(17,18)14(22,23)24/h1-10,25-26H2. The molecule has 0 aliphatic carbocycles. The van der Waals surface area contributed by atoms with Crippen LogP contribution in [-0.4, -0.2) is 32.6 Å². The van der Waals surface area contributed by atoms with Crippen molar-refractivity contribution in [2.45, 2.75) is 87.7 Å². The van der Waals surface area contributed by atoms with Crippen LogP contribution in [0.15, 0.2) is 0 Å². The van der Waals surface area contributed by atoms with Crippen molar-refractivity contribution < 1.29 is 43.9 Å². The summed E-state index contributed by atoms with van der Waals surface area (Å²) >= 11 is 0. The van der Waals surface area contributed by atoms with Gasteiger partial charge in [0.2, 0.25) is 0 Å². The maximum atomic E-state index is 12.7. The summed E-state index contributed by atoms with van der Waals surface area (Å²) in [5.74, 6) is -9.49. The summed E-state index contributed by atoms with van der Waals surface area (Å²) in [5.41, 5.74) is 0. The lowest BCUT2D eigenvalue weighted by Crippen LogP contribution is -2.55. The predicted octanol–water partition coefficient (Wildman–Crippen LogP) is 5.86. The van der Waals surface area contributed by atoms with E-state index in [4.69, 9.17) is 10.8 Å². The highest BCUT2D eigenvalue weighted by Gasteiger charge is 2.57. The van der Waals surface area contributed by atoms with Crippen LogP contribution in [0.3, 0.4) is 0 Å². The second-order valence-corrected chi connectivity index (χ2v) is 10.2. The molecule has 0 unspecified atom stereocenters. The molecule has 13 heteroatoms. The van der Waals surface area contributed by atoms with E-state index in [1.54, 1.807) is 0 Å². The Morgan fingerprint density at radius 1 is 0.481 bits per heavy atom. The van der Waals surface area contributed by atoms with Crippen molar-refractivity contribution >= 4 is 8.40 Å². The number of alkyl halides is 10. The third-order valence-corrected chi connectivity index (χ3v) is 6.66. The van der Waals surface area contributed by atoms with Gasteiger partial charge in [0, 0.05) is 12.8 Å². The zero-order valence-corrected chi connectivity index (χ0v) is 15.5. The monoisotopic (exact) mass is 438 g/mol. The fourth-order valence-electron chi connectivity index (χ4n) is 2.36. The Kier molecular flexibility index (Phi) is 9.56. The third-order valence-electron chi connectivity index (χ3n) is 4.10. The Morgan fingerprint density at radius 2 is 0.778 bits per heavy atom. The number of nitrogens with two attached hydrogens (primary N) is 2. The highest BCUT2D eigenvalue weighted by Crippen LogP contribution is 2.40. The lowest BCUT2D eigenvalue weighted by molar-refractivity contribution is -0.284. The molecule has 0 aromatic carbocycles. The largest absolute Gasteiger partial charge is 0.453 e. The molecule has 0 aromatic rings. The van der Waals surface area contributed by atoms with Gasteiger partial charge in [-0.15, -0.1) is 0 Å². The van der Waals surface area contributed by atoms with Crippen molar-refractivity contribution in [2.75, 3.05) is 0 Å². The first-order valence-corrected chi connectivity index (χ1v) is 11.0. The van der Waals surface area contributed by atoms with E-state index in [2.05, 4.69) is 0 Å². The van der Waals surface area contributed by atoms with E-state index in [-0.39, 0.29) is 50.6 Å². The van der Waals surface area contributed by atoms with Gasteiger partial charge in [0.25, 0.3) is 0 Å². The summed E-state index contributed by atoms with van der Waals surface area (Å²) in [4.78, 5) is 0. The van der Waals surface area contributed by atoms with E-state index < -0.39 is 45.4 Å². The quantitative estimate of drug-likeness (QED) is 0.228. The second-order valence-electron chi connectivity index (χ2n) is 6.76. The van der Waals surface area contributed by atoms with Gasteiger partial charge in [-0.25, -0.2) is 0 Å². The predicted molar refractivity (Wildman–Crippen MR) is 82.7 cm³/mol. The molecule has 0 aromatic heterocycles. The van der Waals surface area contributed by atoms with Crippen LogP contribution in [0.5, 0.6) is 0 Å². The number of hydrogen-bond acceptors (Lipinski definition) is 2. The van der Waals surface area contributed by atoms with E-state index in [0.717, 1.165) is 0 Å². The van der Waals surface area contributed by atoms with Crippen molar-refractivity contribution in [1.29, 1.82) is 0 Å².